The van der Waals surface area contributed by atoms with Gasteiger partial charge in [0, 0.05) is 5.92 Å². The summed E-state index contributed by atoms with van der Waals surface area (Å²) in [7, 11) is 0. The van der Waals surface area contributed by atoms with Crippen LogP contribution in [0.15, 0.2) is 0 Å². The van der Waals surface area contributed by atoms with E-state index >= 15 is 0 Å². The Labute approximate surface area is 119 Å². The Balaban J connectivity index is 2.73. The molecule has 0 aromatic rings. The van der Waals surface area contributed by atoms with E-state index in [4.69, 9.17) is 0 Å². The third-order valence-corrected chi connectivity index (χ3v) is 3.68. The van der Waals surface area contributed by atoms with E-state index in [1.54, 1.807) is 0 Å². The number of alkyl halides is 9. The Bertz CT molecular complexity index is 351. The highest BCUT2D eigenvalue weighted by Gasteiger charge is 2.73. The highest BCUT2D eigenvalue weighted by molar-refractivity contribution is 5.04. The summed E-state index contributed by atoms with van der Waals surface area (Å²) in [5.74, 6) is -2.15. The molecular formula is C11H13F9NO-. The standard InChI is InChI=1S/C11H13F9NO/c12-8(13,14)5-21-7-3-1-6(2-4-7)9(22,10(15,16)17)11(18,19)20/h6-7,22H,1-5H2/q-1. The second kappa shape index (κ2) is 6.06. The molecule has 1 rings (SSSR count). The second-order valence-corrected chi connectivity index (χ2v) is 5.22. The third kappa shape index (κ3) is 4.18. The molecule has 2 nitrogen and oxygen atoms in total. The maximum absolute atomic E-state index is 12.6. The Morgan fingerprint density at radius 2 is 1.18 bits per heavy atom. The molecule has 0 aromatic heterocycles. The predicted octanol–water partition coefficient (Wildman–Crippen LogP) is 4.34. The van der Waals surface area contributed by atoms with Crippen molar-refractivity contribution in [1.82, 2.24) is 0 Å². The summed E-state index contributed by atoms with van der Waals surface area (Å²) in [5, 5.41) is 12.4. The van der Waals surface area contributed by atoms with Gasteiger partial charge < -0.3 is 10.4 Å². The van der Waals surface area contributed by atoms with Crippen LogP contribution < -0.4 is 0 Å². The van der Waals surface area contributed by atoms with Crippen molar-refractivity contribution in [2.75, 3.05) is 6.54 Å². The molecule has 0 bridgehead atoms. The van der Waals surface area contributed by atoms with Crippen LogP contribution in [0.2, 0.25) is 0 Å². The van der Waals surface area contributed by atoms with Gasteiger partial charge in [0.15, 0.2) is 0 Å². The van der Waals surface area contributed by atoms with Crippen molar-refractivity contribution < 1.29 is 44.6 Å². The molecule has 0 radical (unpaired) electrons. The fourth-order valence-corrected chi connectivity index (χ4v) is 2.53. The molecule has 11 heteroatoms. The normalized spacial score (nSPS) is 25.4. The van der Waals surface area contributed by atoms with Gasteiger partial charge in [-0.05, 0) is 12.8 Å². The van der Waals surface area contributed by atoms with Gasteiger partial charge in [0.05, 0.1) is 0 Å². The minimum atomic E-state index is -5.91. The number of halogens is 9. The predicted molar refractivity (Wildman–Crippen MR) is 57.1 cm³/mol. The third-order valence-electron chi connectivity index (χ3n) is 3.68. The van der Waals surface area contributed by atoms with Gasteiger partial charge in [0.1, 0.15) is 0 Å². The first-order valence-corrected chi connectivity index (χ1v) is 6.27. The average Bonchev–Trinajstić information content (AvgIpc) is 2.32. The molecule has 0 unspecified atom stereocenters. The molecule has 22 heavy (non-hydrogen) atoms. The zero-order valence-corrected chi connectivity index (χ0v) is 11.0. The van der Waals surface area contributed by atoms with Crippen molar-refractivity contribution in [1.29, 1.82) is 0 Å². The van der Waals surface area contributed by atoms with Crippen molar-refractivity contribution >= 4 is 0 Å². The number of nitrogens with zero attached hydrogens (tertiary/aromatic N) is 1. The fourth-order valence-electron chi connectivity index (χ4n) is 2.53. The highest BCUT2D eigenvalue weighted by Crippen LogP contribution is 2.52. The molecule has 1 fully saturated rings. The van der Waals surface area contributed by atoms with Crippen molar-refractivity contribution in [3.63, 3.8) is 0 Å². The number of aliphatic hydroxyl groups is 1. The lowest BCUT2D eigenvalue weighted by Crippen LogP contribution is -2.62. The lowest BCUT2D eigenvalue weighted by atomic mass is 9.74. The van der Waals surface area contributed by atoms with Gasteiger partial charge in [-0.1, -0.05) is 19.4 Å². The summed E-state index contributed by atoms with van der Waals surface area (Å²) in [6, 6.07) is -0.955. The smallest absolute Gasteiger partial charge is 0.426 e. The van der Waals surface area contributed by atoms with E-state index in [9.17, 15) is 44.6 Å². The van der Waals surface area contributed by atoms with E-state index < -0.39 is 55.5 Å². The number of hydrogen-bond donors (Lipinski definition) is 1. The molecular weight excluding hydrogens is 333 g/mol. The van der Waals surface area contributed by atoms with Gasteiger partial charge in [0.2, 0.25) is 0 Å². The summed E-state index contributed by atoms with van der Waals surface area (Å²) in [5.41, 5.74) is -4.85. The first-order chi connectivity index (χ1) is 9.68. The van der Waals surface area contributed by atoms with Crippen LogP contribution in [0, 0.1) is 5.92 Å². The molecule has 0 atom stereocenters. The minimum Gasteiger partial charge on any atom is -0.652 e. The number of hydrogen-bond acceptors (Lipinski definition) is 1. The zero-order chi connectivity index (χ0) is 17.4. The van der Waals surface area contributed by atoms with Crippen LogP contribution in [0.4, 0.5) is 39.5 Å². The Morgan fingerprint density at radius 1 is 0.773 bits per heavy atom. The van der Waals surface area contributed by atoms with Crippen molar-refractivity contribution in [2.45, 2.75) is 55.9 Å². The lowest BCUT2D eigenvalue weighted by Gasteiger charge is -2.45. The van der Waals surface area contributed by atoms with E-state index in [1.165, 1.54) is 0 Å². The van der Waals surface area contributed by atoms with Gasteiger partial charge in [-0.15, -0.1) is 6.04 Å². The molecule has 132 valence electrons. The summed E-state index contributed by atoms with van der Waals surface area (Å²) < 4.78 is 112. The molecule has 1 aliphatic carbocycles. The van der Waals surface area contributed by atoms with E-state index in [1.807, 2.05) is 0 Å². The highest BCUT2D eigenvalue weighted by atomic mass is 19.4. The Kier molecular flexibility index (Phi) is 5.33. The van der Waals surface area contributed by atoms with Crippen LogP contribution in [0.25, 0.3) is 5.32 Å². The Morgan fingerprint density at radius 3 is 1.50 bits per heavy atom. The van der Waals surface area contributed by atoms with Crippen LogP contribution in [0.3, 0.4) is 0 Å². The zero-order valence-electron chi connectivity index (χ0n) is 11.0. The van der Waals surface area contributed by atoms with Crippen LogP contribution in [-0.4, -0.2) is 41.8 Å². The number of rotatable bonds is 3. The molecule has 0 amide bonds. The molecule has 0 heterocycles. The lowest BCUT2D eigenvalue weighted by molar-refractivity contribution is -0.387. The van der Waals surface area contributed by atoms with Crippen molar-refractivity contribution in [2.24, 2.45) is 5.92 Å². The summed E-state index contributed by atoms with van der Waals surface area (Å²) in [6.45, 7) is -1.49. The topological polar surface area (TPSA) is 34.3 Å². The van der Waals surface area contributed by atoms with Crippen molar-refractivity contribution in [3.05, 3.63) is 5.32 Å². The average molecular weight is 346 g/mol. The van der Waals surface area contributed by atoms with Gasteiger partial charge >= 0.3 is 18.5 Å². The molecule has 0 aromatic carbocycles. The van der Waals surface area contributed by atoms with Crippen LogP contribution in [0.1, 0.15) is 25.7 Å². The van der Waals surface area contributed by atoms with Crippen LogP contribution in [-0.2, 0) is 0 Å². The van der Waals surface area contributed by atoms with Crippen molar-refractivity contribution in [3.8, 4) is 0 Å². The monoisotopic (exact) mass is 346 g/mol. The molecule has 1 saturated carbocycles. The quantitative estimate of drug-likeness (QED) is 0.758. The van der Waals surface area contributed by atoms with Crippen LogP contribution >= 0.6 is 0 Å². The first kappa shape index (κ1) is 19.3. The molecule has 0 aliphatic heterocycles. The van der Waals surface area contributed by atoms with E-state index in [0.29, 0.717) is 0 Å². The SMILES string of the molecule is OC(C1CCC([N-]CC(F)(F)F)CC1)(C(F)(F)F)C(F)(F)F. The molecule has 1 aliphatic rings. The maximum atomic E-state index is 12.6. The fraction of sp³-hybridized carbons (Fsp3) is 1.00. The first-order valence-electron chi connectivity index (χ1n) is 6.27. The maximum Gasteiger partial charge on any atom is 0.426 e. The Hall–Kier alpha value is -0.710. The molecule has 0 saturated heterocycles. The largest absolute Gasteiger partial charge is 0.652 e. The molecule has 0 spiro atoms. The van der Waals surface area contributed by atoms with E-state index in [2.05, 4.69) is 5.32 Å². The molecule has 1 N–H and O–H groups in total. The minimum absolute atomic E-state index is 0.366. The van der Waals surface area contributed by atoms with E-state index in [0.717, 1.165) is 0 Å². The summed E-state index contributed by atoms with van der Waals surface area (Å²) >= 11 is 0. The summed E-state index contributed by atoms with van der Waals surface area (Å²) in [6.07, 6.45) is -18.5. The second-order valence-electron chi connectivity index (χ2n) is 5.22. The van der Waals surface area contributed by atoms with Gasteiger partial charge in [-0.2, -0.15) is 39.5 Å². The van der Waals surface area contributed by atoms with E-state index in [-0.39, 0.29) is 12.8 Å². The van der Waals surface area contributed by atoms with Gasteiger partial charge in [0.25, 0.3) is 5.60 Å². The van der Waals surface area contributed by atoms with Gasteiger partial charge in [-0.3, -0.25) is 0 Å². The van der Waals surface area contributed by atoms with Gasteiger partial charge in [-0.25, -0.2) is 0 Å². The van der Waals surface area contributed by atoms with Crippen LogP contribution in [0.5, 0.6) is 0 Å². The summed E-state index contributed by atoms with van der Waals surface area (Å²) in [4.78, 5) is 0.